The summed E-state index contributed by atoms with van der Waals surface area (Å²) in [6.07, 6.45) is 1.97. The van der Waals surface area contributed by atoms with Gasteiger partial charge in [0, 0.05) is 16.1 Å². The highest BCUT2D eigenvalue weighted by Crippen LogP contribution is 2.28. The maximum atomic E-state index is 12.0. The second-order valence-corrected chi connectivity index (χ2v) is 5.87. The Hall–Kier alpha value is -2.47. The minimum absolute atomic E-state index is 0.0636. The zero-order chi connectivity index (χ0) is 17.5. The van der Waals surface area contributed by atoms with E-state index < -0.39 is 0 Å². The molecule has 0 fully saturated rings. The molecule has 0 saturated heterocycles. The van der Waals surface area contributed by atoms with E-state index in [2.05, 4.69) is 5.32 Å². The quantitative estimate of drug-likeness (QED) is 0.613. The van der Waals surface area contributed by atoms with Gasteiger partial charge >= 0.3 is 0 Å². The van der Waals surface area contributed by atoms with E-state index in [1.54, 1.807) is 30.0 Å². The summed E-state index contributed by atoms with van der Waals surface area (Å²) in [5.41, 5.74) is 1.24. The second kappa shape index (κ2) is 8.40. The molecule has 0 heterocycles. The molecule has 6 heteroatoms. The second-order valence-electron chi connectivity index (χ2n) is 4.99. The number of ether oxygens (including phenoxy) is 2. The van der Waals surface area contributed by atoms with Crippen LogP contribution < -0.4 is 14.8 Å². The van der Waals surface area contributed by atoms with Crippen molar-refractivity contribution in [1.82, 2.24) is 0 Å². The number of rotatable bonds is 7. The van der Waals surface area contributed by atoms with E-state index >= 15 is 0 Å². The molecule has 0 atom stereocenters. The number of hydrogen-bond donors (Lipinski definition) is 1. The average molecular weight is 345 g/mol. The van der Waals surface area contributed by atoms with Crippen LogP contribution in [0.15, 0.2) is 47.4 Å². The Labute approximate surface area is 145 Å². The van der Waals surface area contributed by atoms with Gasteiger partial charge in [0.05, 0.1) is 7.11 Å². The first-order valence-electron chi connectivity index (χ1n) is 7.29. The molecule has 1 amide bonds. The minimum atomic E-state index is -0.272. The number of Topliss-reactive ketones (excluding diaryl/α,β-unsaturated/α-hetero) is 1. The van der Waals surface area contributed by atoms with Gasteiger partial charge in [0.25, 0.3) is 5.91 Å². The lowest BCUT2D eigenvalue weighted by atomic mass is 10.1. The Morgan fingerprint density at radius 2 is 1.92 bits per heavy atom. The number of ketones is 1. The first-order valence-corrected chi connectivity index (χ1v) is 8.51. The number of amides is 1. The van der Waals surface area contributed by atoms with Gasteiger partial charge in [0.15, 0.2) is 23.9 Å². The number of carbonyl (C=O) groups excluding carboxylic acids is 2. The van der Waals surface area contributed by atoms with Crippen LogP contribution >= 0.6 is 11.8 Å². The average Bonchev–Trinajstić information content (AvgIpc) is 2.59. The molecule has 1 N–H and O–H groups in total. The fraction of sp³-hybridized carbons (Fsp3) is 0.222. The summed E-state index contributed by atoms with van der Waals surface area (Å²) in [7, 11) is 1.49. The van der Waals surface area contributed by atoms with E-state index in [0.29, 0.717) is 22.7 Å². The molecule has 0 aliphatic carbocycles. The lowest BCUT2D eigenvalue weighted by Gasteiger charge is -2.12. The number of nitrogens with one attached hydrogen (secondary N) is 1. The molecule has 24 heavy (non-hydrogen) atoms. The first-order chi connectivity index (χ1) is 11.5. The molecule has 2 rings (SSSR count). The van der Waals surface area contributed by atoms with E-state index in [1.165, 1.54) is 14.0 Å². The van der Waals surface area contributed by atoms with Crippen molar-refractivity contribution in [2.75, 3.05) is 25.3 Å². The first kappa shape index (κ1) is 17.9. The van der Waals surface area contributed by atoms with Crippen molar-refractivity contribution in [3.63, 3.8) is 0 Å². The van der Waals surface area contributed by atoms with Gasteiger partial charge in [-0.2, -0.15) is 0 Å². The van der Waals surface area contributed by atoms with Gasteiger partial charge in [0.2, 0.25) is 0 Å². The van der Waals surface area contributed by atoms with Crippen LogP contribution in [0.2, 0.25) is 0 Å². The maximum absolute atomic E-state index is 12.0. The van der Waals surface area contributed by atoms with E-state index in [9.17, 15) is 9.59 Å². The maximum Gasteiger partial charge on any atom is 0.262 e. The summed E-state index contributed by atoms with van der Waals surface area (Å²) in [5.74, 6) is 0.493. The summed E-state index contributed by atoms with van der Waals surface area (Å²) in [4.78, 5) is 24.5. The van der Waals surface area contributed by atoms with Gasteiger partial charge in [-0.25, -0.2) is 0 Å². The smallest absolute Gasteiger partial charge is 0.262 e. The van der Waals surface area contributed by atoms with Crippen LogP contribution in [0.3, 0.4) is 0 Å². The molecular formula is C18H19NO4S. The molecule has 5 nitrogen and oxygen atoms in total. The molecule has 2 aromatic carbocycles. The van der Waals surface area contributed by atoms with Crippen LogP contribution in [0.1, 0.15) is 17.3 Å². The molecule has 0 spiro atoms. The number of carbonyl (C=O) groups is 2. The van der Waals surface area contributed by atoms with Crippen molar-refractivity contribution < 1.29 is 19.1 Å². The predicted octanol–water partition coefficient (Wildman–Crippen LogP) is 3.64. The van der Waals surface area contributed by atoms with Crippen molar-refractivity contribution in [2.24, 2.45) is 0 Å². The summed E-state index contributed by atoms with van der Waals surface area (Å²) in [6, 6.07) is 12.4. The van der Waals surface area contributed by atoms with E-state index in [0.717, 1.165) is 4.90 Å². The van der Waals surface area contributed by atoms with Crippen LogP contribution in [0.4, 0.5) is 5.69 Å². The number of hydrogen-bond acceptors (Lipinski definition) is 5. The van der Waals surface area contributed by atoms with Crippen LogP contribution in [0, 0.1) is 0 Å². The summed E-state index contributed by atoms with van der Waals surface area (Å²) >= 11 is 1.60. The zero-order valence-corrected chi connectivity index (χ0v) is 14.6. The molecule has 0 bridgehead atoms. The van der Waals surface area contributed by atoms with Crippen molar-refractivity contribution >= 4 is 29.1 Å². The van der Waals surface area contributed by atoms with Crippen molar-refractivity contribution in [2.45, 2.75) is 11.8 Å². The van der Waals surface area contributed by atoms with Crippen molar-refractivity contribution in [3.8, 4) is 11.5 Å². The number of benzene rings is 2. The van der Waals surface area contributed by atoms with Crippen LogP contribution in [0.25, 0.3) is 0 Å². The highest BCUT2D eigenvalue weighted by atomic mass is 32.2. The van der Waals surface area contributed by atoms with E-state index in [4.69, 9.17) is 9.47 Å². The van der Waals surface area contributed by atoms with Gasteiger partial charge in [-0.1, -0.05) is 6.07 Å². The summed E-state index contributed by atoms with van der Waals surface area (Å²) in [6.45, 7) is 1.32. The SMILES string of the molecule is COc1cc(C(C)=O)ccc1OCC(=O)Nc1cccc(SC)c1. The number of methoxy groups -OCH3 is 1. The fourth-order valence-corrected chi connectivity index (χ4v) is 2.51. The number of anilines is 1. The van der Waals surface area contributed by atoms with Gasteiger partial charge in [0.1, 0.15) is 0 Å². The standard InChI is InChI=1S/C18H19NO4S/c1-12(20)13-7-8-16(17(9-13)22-2)23-11-18(21)19-14-5-4-6-15(10-14)24-3/h4-10H,11H2,1-3H3,(H,19,21). The van der Waals surface area contributed by atoms with Crippen molar-refractivity contribution in [1.29, 1.82) is 0 Å². The Bertz CT molecular complexity index is 746. The molecule has 0 radical (unpaired) electrons. The van der Waals surface area contributed by atoms with Crippen LogP contribution in [-0.2, 0) is 4.79 Å². The predicted molar refractivity (Wildman–Crippen MR) is 95.3 cm³/mol. The monoisotopic (exact) mass is 345 g/mol. The molecule has 126 valence electrons. The third-order valence-corrected chi connectivity index (χ3v) is 4.01. The lowest BCUT2D eigenvalue weighted by Crippen LogP contribution is -2.20. The third kappa shape index (κ3) is 4.76. The van der Waals surface area contributed by atoms with Gasteiger partial charge in [-0.15, -0.1) is 11.8 Å². The van der Waals surface area contributed by atoms with Crippen LogP contribution in [0.5, 0.6) is 11.5 Å². The largest absolute Gasteiger partial charge is 0.493 e. The van der Waals surface area contributed by atoms with Gasteiger partial charge in [-0.05, 0) is 49.6 Å². The Balaban J connectivity index is 1.99. The molecule has 0 aliphatic rings. The molecule has 0 aliphatic heterocycles. The Morgan fingerprint density at radius 3 is 2.58 bits per heavy atom. The highest BCUT2D eigenvalue weighted by Gasteiger charge is 2.10. The van der Waals surface area contributed by atoms with E-state index in [1.807, 2.05) is 30.5 Å². The Kier molecular flexibility index (Phi) is 6.26. The van der Waals surface area contributed by atoms with Crippen LogP contribution in [-0.4, -0.2) is 31.7 Å². The topological polar surface area (TPSA) is 64.6 Å². The van der Waals surface area contributed by atoms with Gasteiger partial charge in [-0.3, -0.25) is 9.59 Å². The molecule has 0 aromatic heterocycles. The number of thioether (sulfide) groups is 1. The third-order valence-electron chi connectivity index (χ3n) is 3.28. The molecule has 2 aromatic rings. The molecule has 0 saturated carbocycles. The zero-order valence-electron chi connectivity index (χ0n) is 13.8. The normalized spacial score (nSPS) is 10.1. The highest BCUT2D eigenvalue weighted by molar-refractivity contribution is 7.98. The lowest BCUT2D eigenvalue weighted by molar-refractivity contribution is -0.118. The minimum Gasteiger partial charge on any atom is -0.493 e. The van der Waals surface area contributed by atoms with Gasteiger partial charge < -0.3 is 14.8 Å². The van der Waals surface area contributed by atoms with Crippen molar-refractivity contribution in [3.05, 3.63) is 48.0 Å². The summed E-state index contributed by atoms with van der Waals surface area (Å²) < 4.78 is 10.7. The molecular weight excluding hydrogens is 326 g/mol. The molecule has 0 unspecified atom stereocenters. The summed E-state index contributed by atoms with van der Waals surface area (Å²) in [5, 5.41) is 2.78. The Morgan fingerprint density at radius 1 is 1.12 bits per heavy atom. The van der Waals surface area contributed by atoms with E-state index in [-0.39, 0.29) is 18.3 Å². The fourth-order valence-electron chi connectivity index (χ4n) is 2.05.